The monoisotopic (exact) mass is 177 g/mol. The Labute approximate surface area is 76.4 Å². The molecule has 0 radical (unpaired) electrons. The molecule has 0 aromatic heterocycles. The summed E-state index contributed by atoms with van der Waals surface area (Å²) in [6.45, 7) is 1.55. The number of nitrogens with two attached hydrogens (primary N) is 1. The maximum atomic E-state index is 10.6. The zero-order valence-corrected chi connectivity index (χ0v) is 7.32. The zero-order chi connectivity index (χ0) is 9.68. The quantitative estimate of drug-likeness (QED) is 0.533. The molecule has 1 rings (SSSR count). The highest BCUT2D eigenvalue weighted by Gasteiger charge is 1.97. The van der Waals surface area contributed by atoms with Crippen LogP contribution < -0.4 is 11.2 Å². The van der Waals surface area contributed by atoms with Crippen molar-refractivity contribution in [2.75, 3.05) is 5.43 Å². The average molecular weight is 177 g/mol. The molecule has 0 atom stereocenters. The van der Waals surface area contributed by atoms with Crippen molar-refractivity contribution in [2.45, 2.75) is 6.92 Å². The van der Waals surface area contributed by atoms with Gasteiger partial charge in [0, 0.05) is 0 Å². The number of anilines is 1. The molecule has 1 aromatic carbocycles. The second-order valence-corrected chi connectivity index (χ2v) is 2.54. The Morgan fingerprint density at radius 2 is 2.00 bits per heavy atom. The Morgan fingerprint density at radius 1 is 1.38 bits per heavy atom. The minimum absolute atomic E-state index is 0.254. The van der Waals surface area contributed by atoms with Crippen LogP contribution in [0.5, 0.6) is 0 Å². The lowest BCUT2D eigenvalue weighted by molar-refractivity contribution is -0.112. The molecule has 1 amide bonds. The van der Waals surface area contributed by atoms with Gasteiger partial charge in [0.05, 0.1) is 5.69 Å². The van der Waals surface area contributed by atoms with E-state index in [1.54, 1.807) is 6.92 Å². The lowest BCUT2D eigenvalue weighted by Crippen LogP contribution is -2.21. The Kier molecular flexibility index (Phi) is 3.03. The fourth-order valence-corrected chi connectivity index (χ4v) is 0.716. The summed E-state index contributed by atoms with van der Waals surface area (Å²) in [5.41, 5.74) is 8.78. The smallest absolute Gasteiger partial charge is 0.264 e. The van der Waals surface area contributed by atoms with Crippen LogP contribution in [0.25, 0.3) is 0 Å². The maximum Gasteiger partial charge on any atom is 0.264 e. The lowest BCUT2D eigenvalue weighted by Gasteiger charge is -1.99. The highest BCUT2D eigenvalue weighted by atomic mass is 16.1. The van der Waals surface area contributed by atoms with Crippen molar-refractivity contribution in [3.8, 4) is 0 Å². The summed E-state index contributed by atoms with van der Waals surface area (Å²) in [7, 11) is 0. The normalized spacial score (nSPS) is 11.0. The molecule has 0 saturated heterocycles. The van der Waals surface area contributed by atoms with Gasteiger partial charge in [0.1, 0.15) is 5.71 Å². The van der Waals surface area contributed by atoms with Gasteiger partial charge in [-0.25, -0.2) is 0 Å². The second-order valence-electron chi connectivity index (χ2n) is 2.54. The second kappa shape index (κ2) is 4.25. The molecule has 0 saturated carbocycles. The minimum Gasteiger partial charge on any atom is -0.365 e. The van der Waals surface area contributed by atoms with E-state index in [1.807, 2.05) is 30.3 Å². The van der Waals surface area contributed by atoms with Crippen LogP contribution in [0.4, 0.5) is 5.69 Å². The molecular formula is C9H11N3O. The van der Waals surface area contributed by atoms with Gasteiger partial charge in [-0.05, 0) is 19.1 Å². The van der Waals surface area contributed by atoms with E-state index < -0.39 is 5.91 Å². The largest absolute Gasteiger partial charge is 0.365 e. The van der Waals surface area contributed by atoms with E-state index in [9.17, 15) is 4.79 Å². The first-order chi connectivity index (χ1) is 6.20. The van der Waals surface area contributed by atoms with Crippen LogP contribution in [0.1, 0.15) is 6.92 Å². The molecule has 1 aromatic rings. The summed E-state index contributed by atoms with van der Waals surface area (Å²) < 4.78 is 0. The Hall–Kier alpha value is -1.84. The Bertz CT molecular complexity index is 319. The molecule has 0 aliphatic rings. The zero-order valence-electron chi connectivity index (χ0n) is 7.32. The summed E-state index contributed by atoms with van der Waals surface area (Å²) in [5.74, 6) is -0.525. The topological polar surface area (TPSA) is 67.5 Å². The SMILES string of the molecule is C/C(=N\Nc1ccccc1)C(N)=O. The molecule has 0 aliphatic heterocycles. The van der Waals surface area contributed by atoms with Crippen molar-refractivity contribution < 1.29 is 4.79 Å². The number of hydrogen-bond donors (Lipinski definition) is 2. The number of nitrogens with one attached hydrogen (secondary N) is 1. The van der Waals surface area contributed by atoms with Crippen LogP contribution in [0, 0.1) is 0 Å². The van der Waals surface area contributed by atoms with Crippen molar-refractivity contribution in [1.29, 1.82) is 0 Å². The van der Waals surface area contributed by atoms with E-state index in [-0.39, 0.29) is 5.71 Å². The van der Waals surface area contributed by atoms with Gasteiger partial charge in [0.25, 0.3) is 5.91 Å². The van der Waals surface area contributed by atoms with Gasteiger partial charge in [-0.2, -0.15) is 5.10 Å². The van der Waals surface area contributed by atoms with Crippen LogP contribution in [-0.2, 0) is 4.79 Å². The Balaban J connectivity index is 2.62. The summed E-state index contributed by atoms with van der Waals surface area (Å²) in [6.07, 6.45) is 0. The highest BCUT2D eigenvalue weighted by Crippen LogP contribution is 2.04. The number of hydrazone groups is 1. The van der Waals surface area contributed by atoms with Gasteiger partial charge < -0.3 is 5.73 Å². The number of hydrogen-bond acceptors (Lipinski definition) is 3. The van der Waals surface area contributed by atoms with Crippen LogP contribution in [-0.4, -0.2) is 11.6 Å². The molecule has 0 heterocycles. The predicted octanol–water partition coefficient (Wildman–Crippen LogP) is 0.960. The van der Waals surface area contributed by atoms with Crippen LogP contribution in [0.15, 0.2) is 35.4 Å². The summed E-state index contributed by atoms with van der Waals surface area (Å²) >= 11 is 0. The third-order valence-electron chi connectivity index (χ3n) is 1.48. The van der Waals surface area contributed by atoms with E-state index >= 15 is 0 Å². The highest BCUT2D eigenvalue weighted by molar-refractivity contribution is 6.37. The molecule has 13 heavy (non-hydrogen) atoms. The first-order valence-corrected chi connectivity index (χ1v) is 3.85. The standard InChI is InChI=1S/C9H11N3O/c1-7(9(10)13)11-12-8-5-3-2-4-6-8/h2-6,12H,1H3,(H2,10,13)/b11-7+. The number of para-hydroxylation sites is 1. The number of benzene rings is 1. The van der Waals surface area contributed by atoms with Gasteiger partial charge in [-0.3, -0.25) is 10.2 Å². The summed E-state index contributed by atoms with van der Waals surface area (Å²) in [6, 6.07) is 9.33. The molecule has 4 heteroatoms. The molecule has 0 unspecified atom stereocenters. The van der Waals surface area contributed by atoms with E-state index in [4.69, 9.17) is 5.73 Å². The molecule has 0 bridgehead atoms. The predicted molar refractivity (Wildman–Crippen MR) is 52.4 cm³/mol. The first kappa shape index (κ1) is 9.25. The fraction of sp³-hybridized carbons (Fsp3) is 0.111. The average Bonchev–Trinajstić information content (AvgIpc) is 2.15. The number of carbonyl (C=O) groups excluding carboxylic acids is 1. The lowest BCUT2D eigenvalue weighted by atomic mass is 10.3. The molecular weight excluding hydrogens is 166 g/mol. The molecule has 0 spiro atoms. The van der Waals surface area contributed by atoms with E-state index in [0.29, 0.717) is 0 Å². The molecule has 4 nitrogen and oxygen atoms in total. The van der Waals surface area contributed by atoms with Gasteiger partial charge in [-0.1, -0.05) is 18.2 Å². The van der Waals surface area contributed by atoms with E-state index in [1.165, 1.54) is 0 Å². The number of amides is 1. The molecule has 3 N–H and O–H groups in total. The first-order valence-electron chi connectivity index (χ1n) is 3.85. The van der Waals surface area contributed by atoms with Crippen LogP contribution in [0.3, 0.4) is 0 Å². The van der Waals surface area contributed by atoms with Crippen molar-refractivity contribution in [3.63, 3.8) is 0 Å². The van der Waals surface area contributed by atoms with Crippen molar-refractivity contribution in [2.24, 2.45) is 10.8 Å². The van der Waals surface area contributed by atoms with Gasteiger partial charge in [0.15, 0.2) is 0 Å². The van der Waals surface area contributed by atoms with Gasteiger partial charge in [0.2, 0.25) is 0 Å². The number of rotatable bonds is 3. The number of carbonyl (C=O) groups is 1. The minimum atomic E-state index is -0.525. The third-order valence-corrected chi connectivity index (χ3v) is 1.48. The summed E-state index contributed by atoms with van der Waals surface area (Å²) in [5, 5.41) is 3.79. The molecule has 0 fully saturated rings. The van der Waals surface area contributed by atoms with Crippen molar-refractivity contribution in [1.82, 2.24) is 0 Å². The molecule has 0 aliphatic carbocycles. The van der Waals surface area contributed by atoms with Crippen molar-refractivity contribution >= 4 is 17.3 Å². The van der Waals surface area contributed by atoms with Crippen molar-refractivity contribution in [3.05, 3.63) is 30.3 Å². The van der Waals surface area contributed by atoms with Gasteiger partial charge in [-0.15, -0.1) is 0 Å². The molecule has 68 valence electrons. The number of nitrogens with zero attached hydrogens (tertiary/aromatic N) is 1. The van der Waals surface area contributed by atoms with Crippen LogP contribution >= 0.6 is 0 Å². The van der Waals surface area contributed by atoms with E-state index in [2.05, 4.69) is 10.5 Å². The maximum absolute atomic E-state index is 10.6. The number of primary amides is 1. The fourth-order valence-electron chi connectivity index (χ4n) is 0.716. The Morgan fingerprint density at radius 3 is 2.54 bits per heavy atom. The summed E-state index contributed by atoms with van der Waals surface area (Å²) in [4.78, 5) is 10.6. The van der Waals surface area contributed by atoms with E-state index in [0.717, 1.165) is 5.69 Å². The third kappa shape index (κ3) is 2.94. The van der Waals surface area contributed by atoms with Gasteiger partial charge >= 0.3 is 0 Å². The van der Waals surface area contributed by atoms with Crippen LogP contribution in [0.2, 0.25) is 0 Å².